The van der Waals surface area contributed by atoms with E-state index in [-0.39, 0.29) is 20.1 Å². The van der Waals surface area contributed by atoms with E-state index < -0.39 is 13.3 Å². The number of aromatic nitrogens is 2. The molecule has 0 saturated carbocycles. The van der Waals surface area contributed by atoms with E-state index in [1.807, 2.05) is 72.1 Å². The number of fused-ring (bicyclic) bond motifs is 3. The molecule has 0 unspecified atom stereocenters. The average molecular weight is 723 g/mol. The molecule has 3 aromatic heterocycles. The first kappa shape index (κ1) is 26.4. The van der Waals surface area contributed by atoms with Crippen molar-refractivity contribution in [3.63, 3.8) is 0 Å². The van der Waals surface area contributed by atoms with Gasteiger partial charge >= 0.3 is 143 Å². The van der Waals surface area contributed by atoms with E-state index in [2.05, 4.69) is 75.8 Å². The van der Waals surface area contributed by atoms with E-state index in [0.717, 1.165) is 22.5 Å². The van der Waals surface area contributed by atoms with Crippen LogP contribution in [-0.2, 0) is 20.1 Å². The third kappa shape index (κ3) is 5.68. The molecular formula is C31H26GeIrN2S-2. The number of nitrogens with zero attached hydrogens (tertiary/aromatic N) is 2. The van der Waals surface area contributed by atoms with Crippen LogP contribution in [0.5, 0.6) is 0 Å². The van der Waals surface area contributed by atoms with Crippen LogP contribution in [-0.4, -0.2) is 23.2 Å². The van der Waals surface area contributed by atoms with Gasteiger partial charge in [-0.25, -0.2) is 0 Å². The zero-order chi connectivity index (χ0) is 24.3. The predicted molar refractivity (Wildman–Crippen MR) is 153 cm³/mol. The molecule has 0 spiro atoms. The van der Waals surface area contributed by atoms with E-state index in [9.17, 15) is 0 Å². The molecule has 0 aliphatic rings. The van der Waals surface area contributed by atoms with Crippen LogP contribution < -0.4 is 4.40 Å². The fourth-order valence-corrected chi connectivity index (χ4v) is 10.2. The fourth-order valence-electron chi connectivity index (χ4n) is 4.12. The summed E-state index contributed by atoms with van der Waals surface area (Å²) in [5.41, 5.74) is 4.14. The second kappa shape index (κ2) is 11.6. The SMILES string of the molecule is [CH3][Ge]([CH3])([CH3])[c]1cccc2c1sc1c(-c3[c-]cccc3)nccc12.[Ir].[c-]1ccccc1-c1ccccn1. The number of thiophene rings is 1. The minimum Gasteiger partial charge on any atom is -0.305 e. The smallest absolute Gasteiger partial charge is 0.0160 e. The Morgan fingerprint density at radius 3 is 1.97 bits per heavy atom. The molecule has 6 rings (SSSR count). The van der Waals surface area contributed by atoms with Gasteiger partial charge in [-0.15, -0.1) is 35.9 Å². The first-order valence-corrected chi connectivity index (χ1v) is 19.8. The van der Waals surface area contributed by atoms with Crippen molar-refractivity contribution in [1.29, 1.82) is 0 Å². The molecule has 0 saturated heterocycles. The molecule has 0 aliphatic heterocycles. The zero-order valence-corrected chi connectivity index (χ0v) is 25.8. The summed E-state index contributed by atoms with van der Waals surface area (Å²) in [7, 11) is 0. The number of pyridine rings is 2. The first-order chi connectivity index (χ1) is 17.0. The summed E-state index contributed by atoms with van der Waals surface area (Å²) in [4.78, 5) is 8.88. The van der Waals surface area contributed by atoms with Gasteiger partial charge in [0.05, 0.1) is 0 Å². The van der Waals surface area contributed by atoms with Gasteiger partial charge in [-0.3, -0.25) is 0 Å². The van der Waals surface area contributed by atoms with Crippen LogP contribution in [0.3, 0.4) is 0 Å². The van der Waals surface area contributed by atoms with Gasteiger partial charge in [0.25, 0.3) is 0 Å². The van der Waals surface area contributed by atoms with E-state index in [1.54, 1.807) is 10.6 Å². The monoisotopic (exact) mass is 725 g/mol. The van der Waals surface area contributed by atoms with Gasteiger partial charge in [0.15, 0.2) is 0 Å². The molecule has 0 fully saturated rings. The third-order valence-electron chi connectivity index (χ3n) is 5.84. The van der Waals surface area contributed by atoms with Crippen LogP contribution >= 0.6 is 11.3 Å². The normalized spacial score (nSPS) is 11.0. The molecule has 5 heteroatoms. The molecule has 0 N–H and O–H groups in total. The first-order valence-electron chi connectivity index (χ1n) is 11.7. The van der Waals surface area contributed by atoms with E-state index in [1.165, 1.54) is 20.2 Å². The fraction of sp³-hybridized carbons (Fsp3) is 0.0968. The van der Waals surface area contributed by atoms with Crippen molar-refractivity contribution in [1.82, 2.24) is 9.97 Å². The summed E-state index contributed by atoms with van der Waals surface area (Å²) in [5, 5.41) is 2.70. The van der Waals surface area contributed by atoms with Crippen molar-refractivity contribution in [2.24, 2.45) is 0 Å². The maximum atomic E-state index is 4.66. The van der Waals surface area contributed by atoms with Crippen molar-refractivity contribution in [3.05, 3.63) is 116 Å². The molecule has 0 aliphatic carbocycles. The summed E-state index contributed by atoms with van der Waals surface area (Å²) in [6, 6.07) is 37.2. The second-order valence-corrected chi connectivity index (χ2v) is 20.9. The van der Waals surface area contributed by atoms with Gasteiger partial charge < -0.3 is 4.98 Å². The van der Waals surface area contributed by atoms with Crippen LogP contribution in [0.25, 0.3) is 42.7 Å². The van der Waals surface area contributed by atoms with Gasteiger partial charge in [-0.2, -0.15) is 0 Å². The van der Waals surface area contributed by atoms with Crippen molar-refractivity contribution in [3.8, 4) is 22.5 Å². The molecule has 1 radical (unpaired) electrons. The second-order valence-electron chi connectivity index (χ2n) is 9.34. The maximum absolute atomic E-state index is 4.66. The van der Waals surface area contributed by atoms with Crippen molar-refractivity contribution in [2.45, 2.75) is 17.3 Å². The van der Waals surface area contributed by atoms with Crippen molar-refractivity contribution >= 4 is 49.2 Å². The van der Waals surface area contributed by atoms with Gasteiger partial charge in [0.1, 0.15) is 0 Å². The Hall–Kier alpha value is -2.63. The molecule has 2 nitrogen and oxygen atoms in total. The molecular weight excluding hydrogens is 697 g/mol. The molecule has 181 valence electrons. The Morgan fingerprint density at radius 1 is 0.639 bits per heavy atom. The Morgan fingerprint density at radius 2 is 1.33 bits per heavy atom. The van der Waals surface area contributed by atoms with Gasteiger partial charge in [-0.1, -0.05) is 12.1 Å². The Labute approximate surface area is 233 Å². The van der Waals surface area contributed by atoms with E-state index in [4.69, 9.17) is 0 Å². The molecule has 0 bridgehead atoms. The van der Waals surface area contributed by atoms with Gasteiger partial charge in [0.2, 0.25) is 0 Å². The molecule has 0 amide bonds. The maximum Gasteiger partial charge on any atom is 0.0160 e. The van der Waals surface area contributed by atoms with E-state index in [0.29, 0.717) is 0 Å². The average Bonchev–Trinajstić information content (AvgIpc) is 3.29. The summed E-state index contributed by atoms with van der Waals surface area (Å²) in [5.74, 6) is 7.38. The van der Waals surface area contributed by atoms with Crippen molar-refractivity contribution < 1.29 is 20.1 Å². The number of hydrogen-bond donors (Lipinski definition) is 0. The Balaban J connectivity index is 0.000000198. The van der Waals surface area contributed by atoms with Gasteiger partial charge in [0, 0.05) is 26.3 Å². The molecule has 36 heavy (non-hydrogen) atoms. The number of hydrogen-bond acceptors (Lipinski definition) is 3. The zero-order valence-electron chi connectivity index (χ0n) is 20.5. The molecule has 6 aromatic rings. The standard InChI is InChI=1S/C20H18GeNS.C11H8N.Ir/c1-21(2,3)17-11-7-10-15-16-12-13-22-18(20(16)23-19(15)17)14-8-5-4-6-9-14;1-2-6-10(7-3-1)11-8-4-5-9-12-11;/h4-8,10-13H,1-3H3;1-6,8-9H;/q2*-1;. The summed E-state index contributed by atoms with van der Waals surface area (Å²) >= 11 is -0.00154. The number of rotatable bonds is 3. The van der Waals surface area contributed by atoms with E-state index >= 15 is 0 Å². The Bertz CT molecular complexity index is 1520. The number of benzene rings is 3. The largest absolute Gasteiger partial charge is 0.305 e. The minimum absolute atomic E-state index is 0. The van der Waals surface area contributed by atoms with Crippen LogP contribution in [0.1, 0.15) is 0 Å². The molecule has 0 atom stereocenters. The Kier molecular flexibility index (Phi) is 8.53. The predicted octanol–water partition coefficient (Wildman–Crippen LogP) is 8.01. The summed E-state index contributed by atoms with van der Waals surface area (Å²) < 4.78 is 4.33. The van der Waals surface area contributed by atoms with Crippen LogP contribution in [0.2, 0.25) is 17.3 Å². The minimum atomic E-state index is -1.90. The quantitative estimate of drug-likeness (QED) is 0.137. The van der Waals surface area contributed by atoms with Crippen LogP contribution in [0, 0.1) is 12.1 Å². The van der Waals surface area contributed by atoms with Crippen molar-refractivity contribution in [2.75, 3.05) is 0 Å². The molecule has 3 heterocycles. The van der Waals surface area contributed by atoms with Crippen LogP contribution in [0.15, 0.2) is 103 Å². The third-order valence-corrected chi connectivity index (χ3v) is 11.7. The van der Waals surface area contributed by atoms with Gasteiger partial charge in [-0.05, 0) is 11.8 Å². The summed E-state index contributed by atoms with van der Waals surface area (Å²) in [6.07, 6.45) is 3.71. The van der Waals surface area contributed by atoms with Crippen LogP contribution in [0.4, 0.5) is 0 Å². The summed E-state index contributed by atoms with van der Waals surface area (Å²) in [6.45, 7) is 0. The molecule has 3 aromatic carbocycles. The topological polar surface area (TPSA) is 25.8 Å².